The SMILES string of the molecule is O=C(Nc1nc2cc3c(cc2s1)OCCO3)c1ccc(CSc2ncn[nH]2)cc1. The van der Waals surface area contributed by atoms with E-state index in [1.54, 1.807) is 23.9 Å². The number of aromatic nitrogens is 4. The third kappa shape index (κ3) is 3.89. The Hall–Kier alpha value is -3.11. The van der Waals surface area contributed by atoms with E-state index in [9.17, 15) is 4.79 Å². The standard InChI is InChI=1S/C19H15N5O3S2/c25-17(12-3-1-11(2-4-12)9-28-18-20-10-21-24-18)23-19-22-13-7-14-15(8-16(13)29-19)27-6-5-26-14/h1-4,7-8,10H,5-6,9H2,(H,20,21,24)(H,22,23,25). The summed E-state index contributed by atoms with van der Waals surface area (Å²) in [5.41, 5.74) is 2.44. The van der Waals surface area contributed by atoms with Crippen LogP contribution in [-0.4, -0.2) is 39.3 Å². The van der Waals surface area contributed by atoms with Crippen molar-refractivity contribution in [3.8, 4) is 11.5 Å². The molecule has 3 heterocycles. The Morgan fingerprint density at radius 1 is 1.17 bits per heavy atom. The summed E-state index contributed by atoms with van der Waals surface area (Å²) in [5, 5.41) is 10.8. The topological polar surface area (TPSA) is 102 Å². The molecule has 0 fully saturated rings. The van der Waals surface area contributed by atoms with Crippen LogP contribution in [0.1, 0.15) is 15.9 Å². The van der Waals surface area contributed by atoms with E-state index >= 15 is 0 Å². The van der Waals surface area contributed by atoms with Gasteiger partial charge in [-0.15, -0.1) is 0 Å². The molecule has 2 aromatic heterocycles. The minimum Gasteiger partial charge on any atom is -0.486 e. The molecule has 5 rings (SSSR count). The van der Waals surface area contributed by atoms with Crippen molar-refractivity contribution in [1.29, 1.82) is 0 Å². The number of benzene rings is 2. The summed E-state index contributed by atoms with van der Waals surface area (Å²) in [4.78, 5) is 21.2. The molecule has 0 spiro atoms. The van der Waals surface area contributed by atoms with Crippen LogP contribution in [0.25, 0.3) is 10.2 Å². The van der Waals surface area contributed by atoms with Crippen molar-refractivity contribution in [1.82, 2.24) is 20.2 Å². The van der Waals surface area contributed by atoms with Crippen LogP contribution in [0, 0.1) is 0 Å². The van der Waals surface area contributed by atoms with Gasteiger partial charge in [-0.05, 0) is 17.7 Å². The molecule has 0 bridgehead atoms. The maximum Gasteiger partial charge on any atom is 0.257 e. The quantitative estimate of drug-likeness (QED) is 0.470. The van der Waals surface area contributed by atoms with Gasteiger partial charge in [0.15, 0.2) is 21.8 Å². The van der Waals surface area contributed by atoms with Crippen LogP contribution in [0.3, 0.4) is 0 Å². The van der Waals surface area contributed by atoms with Gasteiger partial charge in [0, 0.05) is 23.4 Å². The molecule has 8 nitrogen and oxygen atoms in total. The van der Waals surface area contributed by atoms with E-state index < -0.39 is 0 Å². The normalized spacial score (nSPS) is 12.8. The van der Waals surface area contributed by atoms with Crippen molar-refractivity contribution in [3.63, 3.8) is 0 Å². The number of carbonyl (C=O) groups excluding carboxylic acids is 1. The highest BCUT2D eigenvalue weighted by molar-refractivity contribution is 7.98. The molecule has 1 amide bonds. The average molecular weight is 425 g/mol. The minimum absolute atomic E-state index is 0.198. The van der Waals surface area contributed by atoms with Crippen molar-refractivity contribution >= 4 is 44.4 Å². The number of ether oxygens (including phenoxy) is 2. The molecular weight excluding hydrogens is 410 g/mol. The second kappa shape index (κ2) is 7.72. The lowest BCUT2D eigenvalue weighted by molar-refractivity contribution is 0.102. The molecule has 1 aliphatic heterocycles. The number of hydrogen-bond acceptors (Lipinski definition) is 8. The molecule has 2 aromatic carbocycles. The molecule has 0 unspecified atom stereocenters. The van der Waals surface area contributed by atoms with E-state index in [0.29, 0.717) is 35.4 Å². The number of anilines is 1. The lowest BCUT2D eigenvalue weighted by Gasteiger charge is -2.17. The van der Waals surface area contributed by atoms with E-state index in [-0.39, 0.29) is 5.91 Å². The van der Waals surface area contributed by atoms with Crippen molar-refractivity contribution in [2.75, 3.05) is 18.5 Å². The fourth-order valence-corrected chi connectivity index (χ4v) is 4.46. The third-order valence-electron chi connectivity index (χ3n) is 4.26. The van der Waals surface area contributed by atoms with Crippen molar-refractivity contribution in [2.45, 2.75) is 10.9 Å². The smallest absolute Gasteiger partial charge is 0.257 e. The van der Waals surface area contributed by atoms with Crippen LogP contribution in [0.4, 0.5) is 5.13 Å². The van der Waals surface area contributed by atoms with Gasteiger partial charge in [-0.1, -0.05) is 35.2 Å². The zero-order chi connectivity index (χ0) is 19.6. The maximum absolute atomic E-state index is 12.6. The first kappa shape index (κ1) is 18.0. The monoisotopic (exact) mass is 425 g/mol. The van der Waals surface area contributed by atoms with Crippen LogP contribution < -0.4 is 14.8 Å². The molecule has 10 heteroatoms. The number of aromatic amines is 1. The van der Waals surface area contributed by atoms with Gasteiger partial charge in [0.2, 0.25) is 0 Å². The van der Waals surface area contributed by atoms with Crippen LogP contribution in [0.5, 0.6) is 11.5 Å². The Bertz CT molecular complexity index is 1120. The second-order valence-corrected chi connectivity index (χ2v) is 8.21. The van der Waals surface area contributed by atoms with Gasteiger partial charge in [0.1, 0.15) is 19.5 Å². The Kier molecular flexibility index (Phi) is 4.78. The number of hydrogen-bond donors (Lipinski definition) is 2. The predicted octanol–water partition coefficient (Wildman–Crippen LogP) is 3.73. The lowest BCUT2D eigenvalue weighted by atomic mass is 10.1. The van der Waals surface area contributed by atoms with Gasteiger partial charge < -0.3 is 9.47 Å². The number of fused-ring (bicyclic) bond motifs is 2. The van der Waals surface area contributed by atoms with E-state index in [1.165, 1.54) is 17.7 Å². The Balaban J connectivity index is 1.27. The number of carbonyl (C=O) groups is 1. The summed E-state index contributed by atoms with van der Waals surface area (Å²) >= 11 is 2.96. The van der Waals surface area contributed by atoms with Gasteiger partial charge in [-0.2, -0.15) is 5.10 Å². The van der Waals surface area contributed by atoms with Crippen LogP contribution in [-0.2, 0) is 5.75 Å². The summed E-state index contributed by atoms with van der Waals surface area (Å²) in [7, 11) is 0. The summed E-state index contributed by atoms with van der Waals surface area (Å²) in [5.74, 6) is 1.94. The molecule has 0 aliphatic carbocycles. The van der Waals surface area contributed by atoms with Gasteiger partial charge >= 0.3 is 0 Å². The summed E-state index contributed by atoms with van der Waals surface area (Å²) in [6.07, 6.45) is 1.48. The van der Waals surface area contributed by atoms with Gasteiger partial charge in [0.05, 0.1) is 10.2 Å². The molecule has 1 aliphatic rings. The molecular formula is C19H15N5O3S2. The number of amides is 1. The predicted molar refractivity (Wildman–Crippen MR) is 111 cm³/mol. The van der Waals surface area contributed by atoms with E-state index in [0.717, 1.165) is 26.7 Å². The number of rotatable bonds is 5. The Morgan fingerprint density at radius 3 is 2.72 bits per heavy atom. The largest absolute Gasteiger partial charge is 0.486 e. The van der Waals surface area contributed by atoms with Gasteiger partial charge in [0.25, 0.3) is 5.91 Å². The third-order valence-corrected chi connectivity index (χ3v) is 6.14. The van der Waals surface area contributed by atoms with Crippen LogP contribution in [0.15, 0.2) is 47.9 Å². The first-order valence-corrected chi connectivity index (χ1v) is 10.6. The summed E-state index contributed by atoms with van der Waals surface area (Å²) < 4.78 is 12.1. The molecule has 0 atom stereocenters. The number of thioether (sulfide) groups is 1. The highest BCUT2D eigenvalue weighted by Crippen LogP contribution is 2.37. The van der Waals surface area contributed by atoms with Crippen molar-refractivity contribution in [2.24, 2.45) is 0 Å². The average Bonchev–Trinajstić information content (AvgIpc) is 3.40. The highest BCUT2D eigenvalue weighted by Gasteiger charge is 2.16. The van der Waals surface area contributed by atoms with Crippen molar-refractivity contribution in [3.05, 3.63) is 53.9 Å². The molecule has 4 aromatic rings. The zero-order valence-electron chi connectivity index (χ0n) is 15.0. The highest BCUT2D eigenvalue weighted by atomic mass is 32.2. The first-order chi connectivity index (χ1) is 14.2. The minimum atomic E-state index is -0.198. The Labute approximate surface area is 173 Å². The Morgan fingerprint density at radius 2 is 1.97 bits per heavy atom. The number of H-pyrrole nitrogens is 1. The molecule has 29 heavy (non-hydrogen) atoms. The number of nitrogens with zero attached hydrogens (tertiary/aromatic N) is 3. The number of nitrogens with one attached hydrogen (secondary N) is 2. The summed E-state index contributed by atoms with van der Waals surface area (Å²) in [6.45, 7) is 1.06. The fraction of sp³-hybridized carbons (Fsp3) is 0.158. The first-order valence-electron chi connectivity index (χ1n) is 8.83. The van der Waals surface area contributed by atoms with Crippen molar-refractivity contribution < 1.29 is 14.3 Å². The van der Waals surface area contributed by atoms with Gasteiger partial charge in [-0.25, -0.2) is 9.97 Å². The van der Waals surface area contributed by atoms with Crippen LogP contribution >= 0.6 is 23.1 Å². The molecule has 2 N–H and O–H groups in total. The fourth-order valence-electron chi connectivity index (χ4n) is 2.86. The molecule has 146 valence electrons. The van der Waals surface area contributed by atoms with E-state index in [4.69, 9.17) is 9.47 Å². The molecule has 0 radical (unpaired) electrons. The zero-order valence-corrected chi connectivity index (χ0v) is 16.7. The maximum atomic E-state index is 12.6. The van der Waals surface area contributed by atoms with E-state index in [2.05, 4.69) is 25.5 Å². The summed E-state index contributed by atoms with van der Waals surface area (Å²) in [6, 6.07) is 11.2. The molecule has 0 saturated carbocycles. The van der Waals surface area contributed by atoms with Crippen LogP contribution in [0.2, 0.25) is 0 Å². The number of thiazole rings is 1. The molecule has 0 saturated heterocycles. The lowest BCUT2D eigenvalue weighted by Crippen LogP contribution is -2.15. The van der Waals surface area contributed by atoms with Gasteiger partial charge in [-0.3, -0.25) is 15.2 Å². The van der Waals surface area contributed by atoms with E-state index in [1.807, 2.05) is 24.3 Å². The second-order valence-electron chi connectivity index (χ2n) is 6.21.